The largest absolute Gasteiger partial charge is 0.402 e. The van der Waals surface area contributed by atoms with Crippen molar-refractivity contribution >= 4 is 0 Å². The fourth-order valence-electron chi connectivity index (χ4n) is 0.771. The second-order valence-corrected chi connectivity index (χ2v) is 2.16. The molecule has 0 fully saturated rings. The molecule has 0 bridgehead atoms. The van der Waals surface area contributed by atoms with Crippen LogP contribution in [0.5, 0.6) is 0 Å². The van der Waals surface area contributed by atoms with Crippen molar-refractivity contribution in [2.45, 2.75) is 12.0 Å². The highest BCUT2D eigenvalue weighted by atomic mass is 16.3. The summed E-state index contributed by atoms with van der Waals surface area (Å²) in [5, 5.41) is 17.4. The summed E-state index contributed by atoms with van der Waals surface area (Å²) in [6, 6.07) is 0. The average Bonchev–Trinajstić information content (AvgIpc) is 1.63. The number of nitrogens with two attached hydrogens (primary N) is 1. The molecule has 8 heavy (non-hydrogen) atoms. The maximum atomic E-state index is 8.98. The van der Waals surface area contributed by atoms with Gasteiger partial charge in [-0.05, 0) is 6.08 Å². The lowest BCUT2D eigenvalue weighted by Crippen LogP contribution is -2.40. The van der Waals surface area contributed by atoms with Gasteiger partial charge in [-0.2, -0.15) is 0 Å². The van der Waals surface area contributed by atoms with E-state index in [-0.39, 0.29) is 6.61 Å². The number of hydrogen-bond acceptors (Lipinski definition) is 3. The molecule has 0 aromatic heterocycles. The molecule has 1 atom stereocenters. The zero-order valence-electron chi connectivity index (χ0n) is 4.46. The summed E-state index contributed by atoms with van der Waals surface area (Å²) in [5.41, 5.74) is 4.88. The number of hydrogen-bond donors (Lipinski definition) is 3. The Morgan fingerprint density at radius 2 is 2.38 bits per heavy atom. The standard InChI is InChI=1S/C5H9NO2/c6-4-1-5(8,2-4)3-7/h1,7-8H,2-3,6H2. The van der Waals surface area contributed by atoms with Crippen molar-refractivity contribution in [2.75, 3.05) is 6.61 Å². The van der Waals surface area contributed by atoms with Gasteiger partial charge in [0.05, 0.1) is 6.61 Å². The molecular formula is C5H9NO2. The molecule has 0 radical (unpaired) electrons. The minimum atomic E-state index is -0.996. The monoisotopic (exact) mass is 115 g/mol. The first-order valence-corrected chi connectivity index (χ1v) is 2.47. The molecule has 1 unspecified atom stereocenters. The molecule has 3 heteroatoms. The van der Waals surface area contributed by atoms with Crippen molar-refractivity contribution in [1.29, 1.82) is 0 Å². The van der Waals surface area contributed by atoms with Crippen LogP contribution in [0.3, 0.4) is 0 Å². The van der Waals surface area contributed by atoms with Gasteiger partial charge in [0.25, 0.3) is 0 Å². The van der Waals surface area contributed by atoms with Gasteiger partial charge in [0.2, 0.25) is 0 Å². The van der Waals surface area contributed by atoms with Gasteiger partial charge >= 0.3 is 0 Å². The van der Waals surface area contributed by atoms with E-state index in [4.69, 9.17) is 15.9 Å². The van der Waals surface area contributed by atoms with E-state index in [1.54, 1.807) is 0 Å². The number of rotatable bonds is 1. The zero-order chi connectivity index (χ0) is 6.20. The second kappa shape index (κ2) is 1.47. The fourth-order valence-corrected chi connectivity index (χ4v) is 0.771. The van der Waals surface area contributed by atoms with Gasteiger partial charge in [0.15, 0.2) is 0 Å². The molecule has 46 valence electrons. The molecule has 0 spiro atoms. The molecule has 3 nitrogen and oxygen atoms in total. The van der Waals surface area contributed by atoms with Crippen molar-refractivity contribution in [3.63, 3.8) is 0 Å². The van der Waals surface area contributed by atoms with Crippen LogP contribution >= 0.6 is 0 Å². The Kier molecular flexibility index (Phi) is 1.03. The Balaban J connectivity index is 2.54. The molecule has 0 saturated heterocycles. The molecule has 0 amide bonds. The van der Waals surface area contributed by atoms with Crippen LogP contribution in [0.15, 0.2) is 11.8 Å². The van der Waals surface area contributed by atoms with Gasteiger partial charge in [-0.3, -0.25) is 0 Å². The highest BCUT2D eigenvalue weighted by Gasteiger charge is 2.31. The highest BCUT2D eigenvalue weighted by Crippen LogP contribution is 2.25. The van der Waals surface area contributed by atoms with E-state index in [9.17, 15) is 0 Å². The molecule has 0 aromatic carbocycles. The van der Waals surface area contributed by atoms with E-state index >= 15 is 0 Å². The molecule has 1 aliphatic rings. The van der Waals surface area contributed by atoms with Crippen LogP contribution < -0.4 is 5.73 Å². The summed E-state index contributed by atoms with van der Waals surface area (Å²) in [5.74, 6) is 0. The first kappa shape index (κ1) is 5.59. The Morgan fingerprint density at radius 3 is 2.50 bits per heavy atom. The summed E-state index contributed by atoms with van der Waals surface area (Å²) in [6.07, 6.45) is 1.87. The lowest BCUT2D eigenvalue weighted by Gasteiger charge is -2.30. The quantitative estimate of drug-likeness (QED) is 0.409. The maximum Gasteiger partial charge on any atom is 0.113 e. The Bertz CT molecular complexity index is 132. The molecule has 0 saturated carbocycles. The van der Waals surface area contributed by atoms with Crippen molar-refractivity contribution in [3.05, 3.63) is 11.8 Å². The highest BCUT2D eigenvalue weighted by molar-refractivity contribution is 5.22. The van der Waals surface area contributed by atoms with Crippen LogP contribution in [-0.2, 0) is 0 Å². The van der Waals surface area contributed by atoms with Gasteiger partial charge in [-0.15, -0.1) is 0 Å². The summed E-state index contributed by atoms with van der Waals surface area (Å²) in [4.78, 5) is 0. The van der Waals surface area contributed by atoms with Crippen LogP contribution in [0.1, 0.15) is 6.42 Å². The lowest BCUT2D eigenvalue weighted by molar-refractivity contribution is 0.0110. The van der Waals surface area contributed by atoms with Gasteiger partial charge in [0, 0.05) is 12.1 Å². The maximum absolute atomic E-state index is 8.98. The summed E-state index contributed by atoms with van der Waals surface area (Å²) < 4.78 is 0. The SMILES string of the molecule is NC1=CC(O)(CO)C1. The Hall–Kier alpha value is -0.540. The normalized spacial score (nSPS) is 36.0. The van der Waals surface area contributed by atoms with Crippen molar-refractivity contribution in [2.24, 2.45) is 5.73 Å². The summed E-state index contributed by atoms with van der Waals surface area (Å²) in [7, 11) is 0. The van der Waals surface area contributed by atoms with Crippen molar-refractivity contribution in [3.8, 4) is 0 Å². The van der Waals surface area contributed by atoms with Gasteiger partial charge in [-0.1, -0.05) is 0 Å². The van der Waals surface area contributed by atoms with Crippen LogP contribution in [0.2, 0.25) is 0 Å². The van der Waals surface area contributed by atoms with E-state index in [0.29, 0.717) is 12.1 Å². The third-order valence-electron chi connectivity index (χ3n) is 1.24. The second-order valence-electron chi connectivity index (χ2n) is 2.16. The molecular weight excluding hydrogens is 106 g/mol. The van der Waals surface area contributed by atoms with Crippen molar-refractivity contribution in [1.82, 2.24) is 0 Å². The smallest absolute Gasteiger partial charge is 0.113 e. The van der Waals surface area contributed by atoms with E-state index in [0.717, 1.165) is 0 Å². The van der Waals surface area contributed by atoms with E-state index in [1.165, 1.54) is 6.08 Å². The molecule has 0 aliphatic heterocycles. The van der Waals surface area contributed by atoms with Gasteiger partial charge in [-0.25, -0.2) is 0 Å². The third-order valence-corrected chi connectivity index (χ3v) is 1.24. The van der Waals surface area contributed by atoms with E-state index in [2.05, 4.69) is 0 Å². The van der Waals surface area contributed by atoms with E-state index in [1.807, 2.05) is 0 Å². The predicted molar refractivity (Wildman–Crippen MR) is 28.9 cm³/mol. The number of aliphatic hydroxyl groups is 2. The first-order chi connectivity index (χ1) is 3.66. The Labute approximate surface area is 47.4 Å². The third kappa shape index (κ3) is 0.700. The van der Waals surface area contributed by atoms with Crippen LogP contribution in [0.4, 0.5) is 0 Å². The van der Waals surface area contributed by atoms with Crippen LogP contribution in [0.25, 0.3) is 0 Å². The summed E-state index contributed by atoms with van der Waals surface area (Å²) in [6.45, 7) is -0.228. The lowest BCUT2D eigenvalue weighted by atomic mass is 9.87. The topological polar surface area (TPSA) is 66.5 Å². The molecule has 1 aliphatic carbocycles. The molecule has 0 aromatic rings. The fraction of sp³-hybridized carbons (Fsp3) is 0.600. The van der Waals surface area contributed by atoms with Crippen molar-refractivity contribution < 1.29 is 10.2 Å². The molecule has 0 heterocycles. The first-order valence-electron chi connectivity index (χ1n) is 2.47. The zero-order valence-corrected chi connectivity index (χ0v) is 4.46. The van der Waals surface area contributed by atoms with Gasteiger partial charge < -0.3 is 15.9 Å². The molecule has 1 rings (SSSR count). The minimum Gasteiger partial charge on any atom is -0.402 e. The Morgan fingerprint density at radius 1 is 1.88 bits per heavy atom. The van der Waals surface area contributed by atoms with Crippen LogP contribution in [0, 0.1) is 0 Å². The van der Waals surface area contributed by atoms with Crippen LogP contribution in [-0.4, -0.2) is 22.4 Å². The predicted octanol–water partition coefficient (Wildman–Crippen LogP) is -1.04. The average molecular weight is 115 g/mol. The molecule has 4 N–H and O–H groups in total. The van der Waals surface area contributed by atoms with E-state index < -0.39 is 5.60 Å². The minimum absolute atomic E-state index is 0.228. The number of aliphatic hydroxyl groups excluding tert-OH is 1. The van der Waals surface area contributed by atoms with Gasteiger partial charge in [0.1, 0.15) is 5.60 Å². The summed E-state index contributed by atoms with van der Waals surface area (Å²) >= 11 is 0.